The normalized spacial score (nSPS) is 10.2. The number of benzene rings is 2. The second kappa shape index (κ2) is 8.73. The first-order valence-corrected chi connectivity index (χ1v) is 7.86. The molecule has 2 rings (SSSR count). The molecule has 6 heteroatoms. The van der Waals surface area contributed by atoms with Crippen molar-refractivity contribution in [2.45, 2.75) is 19.3 Å². The third-order valence-electron chi connectivity index (χ3n) is 3.73. The van der Waals surface area contributed by atoms with Crippen molar-refractivity contribution in [1.29, 1.82) is 0 Å². The van der Waals surface area contributed by atoms with Gasteiger partial charge < -0.3 is 24.7 Å². The van der Waals surface area contributed by atoms with Crippen LogP contribution in [0.5, 0.6) is 11.5 Å². The molecule has 0 bridgehead atoms. The zero-order chi connectivity index (χ0) is 18.2. The summed E-state index contributed by atoms with van der Waals surface area (Å²) in [5.41, 5.74) is 1.12. The number of rotatable bonds is 8. The van der Waals surface area contributed by atoms with Crippen molar-refractivity contribution in [3.63, 3.8) is 0 Å². The van der Waals surface area contributed by atoms with Crippen LogP contribution in [0.2, 0.25) is 0 Å². The Morgan fingerprint density at radius 2 is 1.68 bits per heavy atom. The molecule has 0 aliphatic rings. The number of carboxylic acid groups (broad SMARTS) is 1. The molecule has 0 fully saturated rings. The highest BCUT2D eigenvalue weighted by atomic mass is 16.5. The zero-order valence-corrected chi connectivity index (χ0v) is 14.2. The first kappa shape index (κ1) is 18.3. The summed E-state index contributed by atoms with van der Waals surface area (Å²) in [6.07, 6.45) is 1.70. The van der Waals surface area contributed by atoms with E-state index in [0.29, 0.717) is 12.2 Å². The molecule has 0 saturated carbocycles. The Morgan fingerprint density at radius 1 is 1.04 bits per heavy atom. The monoisotopic (exact) mass is 342 g/mol. The molecule has 2 aromatic rings. The van der Waals surface area contributed by atoms with Gasteiger partial charge in [0.25, 0.3) is 0 Å². The van der Waals surface area contributed by atoms with Crippen LogP contribution in [-0.4, -0.2) is 26.1 Å². The molecule has 0 spiro atoms. The third-order valence-corrected chi connectivity index (χ3v) is 3.73. The number of hydrogen-bond donors (Lipinski definition) is 1. The lowest BCUT2D eigenvalue weighted by molar-refractivity contribution is -0.254. The van der Waals surface area contributed by atoms with Gasteiger partial charge in [0.15, 0.2) is 11.5 Å². The summed E-state index contributed by atoms with van der Waals surface area (Å²) in [6, 6.07) is 12.5. The van der Waals surface area contributed by atoms with Crippen LogP contribution in [0.3, 0.4) is 0 Å². The van der Waals surface area contributed by atoms with Gasteiger partial charge in [0.1, 0.15) is 0 Å². The Labute approximate surface area is 146 Å². The summed E-state index contributed by atoms with van der Waals surface area (Å²) in [5, 5.41) is 13.9. The van der Waals surface area contributed by atoms with Gasteiger partial charge in [-0.05, 0) is 24.5 Å². The number of hydrogen-bond acceptors (Lipinski definition) is 5. The molecule has 0 heterocycles. The molecule has 0 aliphatic carbocycles. The number of carboxylic acids is 1. The van der Waals surface area contributed by atoms with Crippen LogP contribution < -0.4 is 19.9 Å². The van der Waals surface area contributed by atoms with E-state index in [1.165, 1.54) is 26.4 Å². The SMILES string of the molecule is COc1cc(NC(=O)CCCc2ccccc2)c(C(=O)[O-])cc1OC. The van der Waals surface area contributed by atoms with Gasteiger partial charge in [0.05, 0.1) is 25.9 Å². The summed E-state index contributed by atoms with van der Waals surface area (Å²) in [5.74, 6) is -1.10. The minimum atomic E-state index is -1.40. The van der Waals surface area contributed by atoms with E-state index >= 15 is 0 Å². The number of anilines is 1. The highest BCUT2D eigenvalue weighted by Crippen LogP contribution is 2.33. The summed E-state index contributed by atoms with van der Waals surface area (Å²) in [6.45, 7) is 0. The number of nitrogens with one attached hydrogen (secondary N) is 1. The molecule has 1 amide bonds. The first-order valence-electron chi connectivity index (χ1n) is 7.86. The van der Waals surface area contributed by atoms with Crippen LogP contribution in [0.25, 0.3) is 0 Å². The molecule has 6 nitrogen and oxygen atoms in total. The van der Waals surface area contributed by atoms with Crippen molar-refractivity contribution in [3.8, 4) is 11.5 Å². The van der Waals surface area contributed by atoms with Crippen molar-refractivity contribution < 1.29 is 24.2 Å². The summed E-state index contributed by atoms with van der Waals surface area (Å²) in [4.78, 5) is 23.4. The minimum Gasteiger partial charge on any atom is -0.545 e. The lowest BCUT2D eigenvalue weighted by Gasteiger charge is -2.16. The molecule has 25 heavy (non-hydrogen) atoms. The van der Waals surface area contributed by atoms with E-state index in [2.05, 4.69) is 5.32 Å². The molecule has 0 radical (unpaired) electrons. The van der Waals surface area contributed by atoms with Gasteiger partial charge in [-0.3, -0.25) is 4.79 Å². The van der Waals surface area contributed by atoms with Crippen LogP contribution in [0, 0.1) is 0 Å². The Balaban J connectivity index is 2.05. The number of aromatic carboxylic acids is 1. The van der Waals surface area contributed by atoms with Crippen molar-refractivity contribution >= 4 is 17.6 Å². The number of carbonyl (C=O) groups excluding carboxylic acids is 2. The highest BCUT2D eigenvalue weighted by molar-refractivity contribution is 6.00. The topological polar surface area (TPSA) is 87.7 Å². The molecule has 0 atom stereocenters. The fourth-order valence-corrected chi connectivity index (χ4v) is 2.46. The van der Waals surface area contributed by atoms with E-state index < -0.39 is 5.97 Å². The van der Waals surface area contributed by atoms with Crippen molar-refractivity contribution in [3.05, 3.63) is 53.6 Å². The lowest BCUT2D eigenvalue weighted by atomic mass is 10.1. The average Bonchev–Trinajstić information content (AvgIpc) is 2.62. The lowest BCUT2D eigenvalue weighted by Crippen LogP contribution is -2.25. The van der Waals surface area contributed by atoms with Gasteiger partial charge in [-0.25, -0.2) is 0 Å². The predicted molar refractivity (Wildman–Crippen MR) is 91.9 cm³/mol. The molecule has 0 saturated heterocycles. The van der Waals surface area contributed by atoms with E-state index in [9.17, 15) is 14.7 Å². The minimum absolute atomic E-state index is 0.127. The predicted octanol–water partition coefficient (Wildman–Crippen LogP) is 2.03. The maximum absolute atomic E-state index is 12.1. The smallest absolute Gasteiger partial charge is 0.224 e. The van der Waals surface area contributed by atoms with Crippen LogP contribution in [0.4, 0.5) is 5.69 Å². The number of amides is 1. The summed E-state index contributed by atoms with van der Waals surface area (Å²) >= 11 is 0. The van der Waals surface area contributed by atoms with Crippen LogP contribution in [-0.2, 0) is 11.2 Å². The molecule has 2 aromatic carbocycles. The molecule has 0 unspecified atom stereocenters. The van der Waals surface area contributed by atoms with Crippen molar-refractivity contribution in [2.75, 3.05) is 19.5 Å². The fraction of sp³-hybridized carbons (Fsp3) is 0.263. The van der Waals surface area contributed by atoms with E-state index in [1.54, 1.807) is 0 Å². The van der Waals surface area contributed by atoms with Gasteiger partial charge >= 0.3 is 0 Å². The van der Waals surface area contributed by atoms with Crippen LogP contribution in [0.15, 0.2) is 42.5 Å². The number of ether oxygens (including phenoxy) is 2. The van der Waals surface area contributed by atoms with Gasteiger partial charge in [0.2, 0.25) is 5.91 Å². The number of aryl methyl sites for hydroxylation is 1. The zero-order valence-electron chi connectivity index (χ0n) is 14.2. The Hall–Kier alpha value is -3.02. The second-order valence-electron chi connectivity index (χ2n) is 5.43. The largest absolute Gasteiger partial charge is 0.545 e. The summed E-state index contributed by atoms with van der Waals surface area (Å²) in [7, 11) is 2.83. The highest BCUT2D eigenvalue weighted by Gasteiger charge is 2.14. The van der Waals surface area contributed by atoms with Crippen LogP contribution >= 0.6 is 0 Å². The molecule has 0 aromatic heterocycles. The van der Waals surface area contributed by atoms with Crippen molar-refractivity contribution in [2.24, 2.45) is 0 Å². The number of methoxy groups -OCH3 is 2. The van der Waals surface area contributed by atoms with E-state index in [1.807, 2.05) is 30.3 Å². The molecule has 0 aliphatic heterocycles. The van der Waals surface area contributed by atoms with Gasteiger partial charge in [-0.15, -0.1) is 0 Å². The molecule has 1 N–H and O–H groups in total. The molecular weight excluding hydrogens is 322 g/mol. The van der Waals surface area contributed by atoms with E-state index in [0.717, 1.165) is 12.0 Å². The number of carbonyl (C=O) groups is 2. The average molecular weight is 342 g/mol. The van der Waals surface area contributed by atoms with Gasteiger partial charge in [-0.1, -0.05) is 30.3 Å². The van der Waals surface area contributed by atoms with E-state index in [4.69, 9.17) is 9.47 Å². The quantitative estimate of drug-likeness (QED) is 0.793. The standard InChI is InChI=1S/C19H21NO5/c1-24-16-11-14(19(22)23)15(12-17(16)25-2)20-18(21)10-6-9-13-7-4-3-5-8-13/h3-5,7-8,11-12H,6,9-10H2,1-2H3,(H,20,21)(H,22,23)/p-1. The Morgan fingerprint density at radius 3 is 2.28 bits per heavy atom. The maximum Gasteiger partial charge on any atom is 0.224 e. The third kappa shape index (κ3) is 4.97. The van der Waals surface area contributed by atoms with Crippen molar-refractivity contribution in [1.82, 2.24) is 0 Å². The Kier molecular flexibility index (Phi) is 6.39. The fourth-order valence-electron chi connectivity index (χ4n) is 2.46. The molecular formula is C19H20NO5-. The molecule has 132 valence electrons. The van der Waals surface area contributed by atoms with Crippen LogP contribution in [0.1, 0.15) is 28.8 Å². The maximum atomic E-state index is 12.1. The second-order valence-corrected chi connectivity index (χ2v) is 5.43. The van der Waals surface area contributed by atoms with Gasteiger partial charge in [-0.2, -0.15) is 0 Å². The van der Waals surface area contributed by atoms with Gasteiger partial charge in [0, 0.05) is 18.1 Å². The van der Waals surface area contributed by atoms with E-state index in [-0.39, 0.29) is 29.3 Å². The first-order chi connectivity index (χ1) is 12.0. The summed E-state index contributed by atoms with van der Waals surface area (Å²) < 4.78 is 10.2. The Bertz CT molecular complexity index is 743.